The van der Waals surface area contributed by atoms with Crippen LogP contribution < -0.4 is 20.2 Å². The molecule has 3 aromatic carbocycles. The molecule has 0 unspecified atom stereocenters. The maximum atomic E-state index is 12.9. The molecule has 0 aliphatic carbocycles. The second-order valence-corrected chi connectivity index (χ2v) is 13.3. The number of aromatic hydroxyl groups is 1. The van der Waals surface area contributed by atoms with Crippen LogP contribution in [0.5, 0.6) is 11.6 Å². The van der Waals surface area contributed by atoms with Gasteiger partial charge in [0, 0.05) is 54.7 Å². The van der Waals surface area contributed by atoms with Crippen molar-refractivity contribution < 1.29 is 19.3 Å². The van der Waals surface area contributed by atoms with E-state index in [9.17, 15) is 9.90 Å². The minimum Gasteiger partial charge on any atom is -0.493 e. The Balaban J connectivity index is 0.935. The first-order chi connectivity index (χ1) is 24.2. The zero-order valence-electron chi connectivity index (χ0n) is 27.9. The molecule has 0 spiro atoms. The SMILES string of the molecule is CCCn1c(C)c(O)n(-c2ccc(N3CCN(c4ccc(OC[C@@H]5CO[C@@](Cn6cncn6)(c6ccc(Cl)cc6Cl)O5)cc4)CC3)cc2)c1=O. The molecule has 7 rings (SSSR count). The van der Waals surface area contributed by atoms with Crippen LogP contribution in [0, 0.1) is 6.92 Å². The van der Waals surface area contributed by atoms with E-state index in [2.05, 4.69) is 32.0 Å². The maximum Gasteiger partial charge on any atom is 0.335 e. The van der Waals surface area contributed by atoms with E-state index < -0.39 is 5.79 Å². The van der Waals surface area contributed by atoms with E-state index in [0.29, 0.717) is 46.7 Å². The number of aromatic nitrogens is 5. The number of anilines is 2. The van der Waals surface area contributed by atoms with Crippen molar-refractivity contribution in [2.45, 2.75) is 45.2 Å². The monoisotopic (exact) mass is 719 g/mol. The number of imidazole rings is 1. The Hall–Kier alpha value is -4.49. The van der Waals surface area contributed by atoms with Crippen LogP contribution in [0.2, 0.25) is 10.0 Å². The average Bonchev–Trinajstić information content (AvgIpc) is 3.84. The van der Waals surface area contributed by atoms with Gasteiger partial charge in [-0.05, 0) is 74.0 Å². The van der Waals surface area contributed by atoms with Crippen molar-refractivity contribution in [2.75, 3.05) is 49.2 Å². The van der Waals surface area contributed by atoms with Crippen molar-refractivity contribution in [1.29, 1.82) is 0 Å². The Morgan fingerprint density at radius 1 is 0.960 bits per heavy atom. The van der Waals surface area contributed by atoms with E-state index >= 15 is 0 Å². The lowest BCUT2D eigenvalue weighted by Gasteiger charge is -2.37. The lowest BCUT2D eigenvalue weighted by atomic mass is 10.1. The molecule has 0 saturated carbocycles. The fourth-order valence-electron chi connectivity index (χ4n) is 6.62. The van der Waals surface area contributed by atoms with E-state index in [1.807, 2.05) is 49.4 Å². The predicted octanol–water partition coefficient (Wildman–Crippen LogP) is 5.64. The fraction of sp³-hybridized carbons (Fsp3) is 0.361. The highest BCUT2D eigenvalue weighted by Gasteiger charge is 2.45. The summed E-state index contributed by atoms with van der Waals surface area (Å²) in [5.74, 6) is -0.442. The maximum absolute atomic E-state index is 12.9. The van der Waals surface area contributed by atoms with Gasteiger partial charge in [-0.1, -0.05) is 36.2 Å². The number of benzene rings is 3. The van der Waals surface area contributed by atoms with Crippen LogP contribution in [0.3, 0.4) is 0 Å². The summed E-state index contributed by atoms with van der Waals surface area (Å²) in [6, 6.07) is 21.1. The zero-order valence-corrected chi connectivity index (χ0v) is 29.4. The molecule has 2 atom stereocenters. The predicted molar refractivity (Wildman–Crippen MR) is 192 cm³/mol. The van der Waals surface area contributed by atoms with Crippen molar-refractivity contribution in [3.8, 4) is 17.3 Å². The Bertz CT molecular complexity index is 1970. The summed E-state index contributed by atoms with van der Waals surface area (Å²) < 4.78 is 23.5. The topological polar surface area (TPSA) is 112 Å². The fourth-order valence-corrected chi connectivity index (χ4v) is 7.17. The van der Waals surface area contributed by atoms with Crippen molar-refractivity contribution >= 4 is 34.6 Å². The van der Waals surface area contributed by atoms with Gasteiger partial charge >= 0.3 is 5.69 Å². The lowest BCUT2D eigenvalue weighted by Crippen LogP contribution is -2.46. The number of nitrogens with zero attached hydrogens (tertiary/aromatic N) is 7. The number of ether oxygens (including phenoxy) is 3. The van der Waals surface area contributed by atoms with Crippen molar-refractivity contribution in [1.82, 2.24) is 23.9 Å². The Kier molecular flexibility index (Phi) is 9.78. The van der Waals surface area contributed by atoms with Gasteiger partial charge in [0.05, 0.1) is 23.0 Å². The molecule has 262 valence electrons. The van der Waals surface area contributed by atoms with Crippen molar-refractivity contribution in [2.24, 2.45) is 0 Å². The van der Waals surface area contributed by atoms with Crippen LogP contribution in [0.4, 0.5) is 11.4 Å². The smallest absolute Gasteiger partial charge is 0.335 e. The number of halogens is 2. The molecule has 2 aliphatic heterocycles. The van der Waals surface area contributed by atoms with Crippen LogP contribution in [-0.2, 0) is 28.4 Å². The number of hydrogen-bond donors (Lipinski definition) is 1. The molecule has 5 aromatic rings. The molecule has 2 aliphatic rings. The Morgan fingerprint density at radius 3 is 2.24 bits per heavy atom. The van der Waals surface area contributed by atoms with Gasteiger partial charge in [-0.25, -0.2) is 19.0 Å². The van der Waals surface area contributed by atoms with Gasteiger partial charge in [0.15, 0.2) is 0 Å². The summed E-state index contributed by atoms with van der Waals surface area (Å²) in [4.78, 5) is 21.7. The molecule has 0 bridgehead atoms. The van der Waals surface area contributed by atoms with Crippen molar-refractivity contribution in [3.63, 3.8) is 0 Å². The van der Waals surface area contributed by atoms with Gasteiger partial charge in [0.1, 0.15) is 37.7 Å². The molecular formula is C36H39Cl2N7O5. The first-order valence-electron chi connectivity index (χ1n) is 16.7. The largest absolute Gasteiger partial charge is 0.493 e. The molecule has 0 radical (unpaired) electrons. The minimum atomic E-state index is -1.17. The highest BCUT2D eigenvalue weighted by Crippen LogP contribution is 2.40. The Morgan fingerprint density at radius 2 is 1.62 bits per heavy atom. The summed E-state index contributed by atoms with van der Waals surface area (Å²) in [5.41, 5.74) is 3.88. The van der Waals surface area contributed by atoms with Gasteiger partial charge in [-0.15, -0.1) is 0 Å². The summed E-state index contributed by atoms with van der Waals surface area (Å²) >= 11 is 12.7. The third-order valence-corrected chi connectivity index (χ3v) is 9.79. The van der Waals surface area contributed by atoms with Crippen molar-refractivity contribution in [3.05, 3.63) is 111 Å². The molecule has 2 aromatic heterocycles. The van der Waals surface area contributed by atoms with E-state index in [1.165, 1.54) is 10.9 Å². The minimum absolute atomic E-state index is 0.0111. The van der Waals surface area contributed by atoms with Crippen LogP contribution >= 0.6 is 23.2 Å². The number of hydrogen-bond acceptors (Lipinski definition) is 9. The summed E-state index contributed by atoms with van der Waals surface area (Å²) in [7, 11) is 0. The third-order valence-electron chi connectivity index (χ3n) is 9.24. The second kappa shape index (κ2) is 14.4. The number of rotatable bonds is 11. The van der Waals surface area contributed by atoms with Gasteiger partial charge < -0.3 is 29.1 Å². The van der Waals surface area contributed by atoms with E-state index in [1.54, 1.807) is 34.6 Å². The first-order valence-corrected chi connectivity index (χ1v) is 17.4. The molecule has 2 saturated heterocycles. The highest BCUT2D eigenvalue weighted by molar-refractivity contribution is 6.35. The second-order valence-electron chi connectivity index (χ2n) is 12.5. The van der Waals surface area contributed by atoms with E-state index in [0.717, 1.165) is 49.7 Å². The molecular weight excluding hydrogens is 681 g/mol. The average molecular weight is 721 g/mol. The summed E-state index contributed by atoms with van der Waals surface area (Å²) in [6.07, 6.45) is 3.54. The van der Waals surface area contributed by atoms with Gasteiger partial charge in [0.2, 0.25) is 11.7 Å². The molecule has 12 nitrogen and oxygen atoms in total. The molecule has 0 amide bonds. The van der Waals surface area contributed by atoms with E-state index in [-0.39, 0.29) is 24.2 Å². The summed E-state index contributed by atoms with van der Waals surface area (Å²) in [5, 5.41) is 15.8. The standard InChI is InChI=1S/C36H39Cl2N7O5/c1-3-14-44-25(2)34(46)45(35(44)47)29-7-5-27(6-8-29)41-15-17-42(18-16-41)28-9-11-30(12-10-28)48-20-31-21-49-36(50-31,22-43-24-39-23-40-43)32-13-4-26(37)19-33(32)38/h4-13,19,23-24,31,46H,3,14-18,20-22H2,1-2H3/t31-,36-/m1/s1. The van der Waals surface area contributed by atoms with Crippen LogP contribution in [0.1, 0.15) is 24.6 Å². The normalized spacial score (nSPS) is 19.3. The first kappa shape index (κ1) is 34.0. The quantitative estimate of drug-likeness (QED) is 0.186. The van der Waals surface area contributed by atoms with Gasteiger partial charge in [0.25, 0.3) is 0 Å². The number of piperazine rings is 1. The zero-order chi connectivity index (χ0) is 34.8. The van der Waals surface area contributed by atoms with Gasteiger partial charge in [-0.2, -0.15) is 5.10 Å². The molecule has 2 fully saturated rings. The van der Waals surface area contributed by atoms with E-state index in [4.69, 9.17) is 37.4 Å². The molecule has 1 N–H and O–H groups in total. The van der Waals surface area contributed by atoms with Gasteiger partial charge in [-0.3, -0.25) is 4.57 Å². The summed E-state index contributed by atoms with van der Waals surface area (Å²) in [6.45, 7) is 8.63. The third kappa shape index (κ3) is 6.80. The Labute approximate surface area is 299 Å². The highest BCUT2D eigenvalue weighted by atomic mass is 35.5. The lowest BCUT2D eigenvalue weighted by molar-refractivity contribution is -0.190. The van der Waals surface area contributed by atoms with Crippen LogP contribution in [0.15, 0.2) is 84.2 Å². The van der Waals surface area contributed by atoms with Crippen LogP contribution in [-0.4, -0.2) is 74.5 Å². The van der Waals surface area contributed by atoms with Crippen LogP contribution in [0.25, 0.3) is 5.69 Å². The molecule has 14 heteroatoms. The molecule has 4 heterocycles. The molecule has 50 heavy (non-hydrogen) atoms.